The Morgan fingerprint density at radius 1 is 1.10 bits per heavy atom. The van der Waals surface area contributed by atoms with E-state index in [0.717, 1.165) is 11.8 Å². The minimum Gasteiger partial charge on any atom is -0.512 e. The molecular weight excluding hydrogens is 728 g/mol. The van der Waals surface area contributed by atoms with Crippen LogP contribution in [0.3, 0.4) is 0 Å². The molecule has 0 bridgehead atoms. The molecule has 256 valence electrons. The number of nitrogens with zero attached hydrogens (tertiary/aromatic N) is 2. The van der Waals surface area contributed by atoms with E-state index in [4.69, 9.17) is 11.6 Å². The van der Waals surface area contributed by atoms with Crippen molar-refractivity contribution in [3.8, 4) is 0 Å². The number of halogens is 8. The van der Waals surface area contributed by atoms with Crippen molar-refractivity contribution < 1.29 is 36.2 Å². The van der Waals surface area contributed by atoms with Crippen LogP contribution in [0.2, 0.25) is 5.02 Å². The van der Waals surface area contributed by atoms with E-state index in [0.29, 0.717) is 34.6 Å². The summed E-state index contributed by atoms with van der Waals surface area (Å²) in [5.41, 5.74) is -1.19. The number of aliphatic hydroxyl groups is 1. The molecule has 1 unspecified atom stereocenters. The molecular formula is C34H31BrClF6N3O3. The van der Waals surface area contributed by atoms with E-state index in [-0.39, 0.29) is 53.0 Å². The molecule has 1 fully saturated rings. The molecule has 6 nitrogen and oxygen atoms in total. The molecule has 1 aliphatic carbocycles. The van der Waals surface area contributed by atoms with Crippen LogP contribution in [0, 0.1) is 18.6 Å². The highest BCUT2D eigenvalue weighted by molar-refractivity contribution is 9.10. The molecule has 3 aromatic rings. The zero-order chi connectivity index (χ0) is 35.1. The van der Waals surface area contributed by atoms with Gasteiger partial charge in [-0.1, -0.05) is 33.6 Å². The van der Waals surface area contributed by atoms with Gasteiger partial charge in [-0.15, -0.1) is 0 Å². The van der Waals surface area contributed by atoms with Gasteiger partial charge in [-0.05, 0) is 73.2 Å². The van der Waals surface area contributed by atoms with Gasteiger partial charge < -0.3 is 10.4 Å². The van der Waals surface area contributed by atoms with Crippen LogP contribution in [-0.2, 0) is 23.9 Å². The number of benzene rings is 2. The van der Waals surface area contributed by atoms with Crippen LogP contribution in [0.15, 0.2) is 63.2 Å². The molecule has 0 radical (unpaired) electrons. The third kappa shape index (κ3) is 7.52. The summed E-state index contributed by atoms with van der Waals surface area (Å²) < 4.78 is 87.4. The van der Waals surface area contributed by atoms with Gasteiger partial charge in [0.2, 0.25) is 5.91 Å². The maximum absolute atomic E-state index is 15.6. The molecule has 2 heterocycles. The first kappa shape index (κ1) is 35.7. The van der Waals surface area contributed by atoms with E-state index in [2.05, 4.69) is 21.2 Å². The van der Waals surface area contributed by atoms with Gasteiger partial charge in [0.1, 0.15) is 29.6 Å². The fourth-order valence-corrected chi connectivity index (χ4v) is 6.92. The minimum absolute atomic E-state index is 0.0182. The quantitative estimate of drug-likeness (QED) is 0.172. The summed E-state index contributed by atoms with van der Waals surface area (Å²) in [4.78, 5) is 28.8. The van der Waals surface area contributed by atoms with E-state index < -0.39 is 64.2 Å². The molecule has 2 N–H and O–H groups in total. The summed E-state index contributed by atoms with van der Waals surface area (Å²) >= 11 is 9.25. The zero-order valence-electron chi connectivity index (χ0n) is 25.8. The highest BCUT2D eigenvalue weighted by atomic mass is 79.9. The summed E-state index contributed by atoms with van der Waals surface area (Å²) in [6.45, 7) is 3.03. The number of alkyl halides is 4. The van der Waals surface area contributed by atoms with E-state index in [1.807, 2.05) is 13.0 Å². The number of aryl methyl sites for hydroxylation is 1. The van der Waals surface area contributed by atoms with Crippen LogP contribution in [-0.4, -0.2) is 46.3 Å². The number of hydrogen-bond acceptors (Lipinski definition) is 4. The molecule has 0 saturated carbocycles. The second-order valence-corrected chi connectivity index (χ2v) is 13.3. The Kier molecular flexibility index (Phi) is 10.5. The van der Waals surface area contributed by atoms with E-state index in [9.17, 15) is 32.3 Å². The van der Waals surface area contributed by atoms with Crippen molar-refractivity contribution in [2.75, 3.05) is 19.6 Å². The van der Waals surface area contributed by atoms with Crippen LogP contribution in [0.25, 0.3) is 5.57 Å². The smallest absolute Gasteiger partial charge is 0.416 e. The lowest BCUT2D eigenvalue weighted by atomic mass is 9.89. The maximum atomic E-state index is 15.6. The molecule has 1 saturated heterocycles. The van der Waals surface area contributed by atoms with Gasteiger partial charge in [0.15, 0.2) is 0 Å². The molecule has 14 heteroatoms. The number of amides is 1. The lowest BCUT2D eigenvalue weighted by Crippen LogP contribution is -2.49. The Balaban J connectivity index is 1.56. The van der Waals surface area contributed by atoms with Crippen molar-refractivity contribution in [2.45, 2.75) is 58.0 Å². The van der Waals surface area contributed by atoms with E-state index in [1.54, 1.807) is 11.0 Å². The monoisotopic (exact) mass is 757 g/mol. The number of likely N-dealkylation sites (tertiary alicyclic amines) is 1. The average Bonchev–Trinajstić information content (AvgIpc) is 2.98. The van der Waals surface area contributed by atoms with Gasteiger partial charge in [-0.2, -0.15) is 13.2 Å². The van der Waals surface area contributed by atoms with Crippen molar-refractivity contribution in [2.24, 2.45) is 0 Å². The molecule has 1 amide bonds. The molecule has 2 aliphatic rings. The van der Waals surface area contributed by atoms with Gasteiger partial charge >= 0.3 is 6.18 Å². The number of aliphatic hydroxyl groups excluding tert-OH is 1. The number of carbonyl (C=O) groups is 1. The van der Waals surface area contributed by atoms with Crippen molar-refractivity contribution in [3.63, 3.8) is 0 Å². The highest BCUT2D eigenvalue weighted by Gasteiger charge is 2.37. The first-order valence-electron chi connectivity index (χ1n) is 15.0. The average molecular weight is 759 g/mol. The number of pyridine rings is 1. The number of carbonyl (C=O) groups excluding carboxylic acids is 1. The summed E-state index contributed by atoms with van der Waals surface area (Å²) in [5.74, 6) is -2.64. The molecule has 48 heavy (non-hydrogen) atoms. The SMILES string of the molecule is CC1=CCCC(O)=C1c1cc(C)c(F)c(CNC(=O)C(c2cc(Br)cc(Cl)c2F)n2cc(CCN3CC(F)C3)c(C(F)(F)F)cc2=O)c1. The fourth-order valence-electron chi connectivity index (χ4n) is 6.09. The van der Waals surface area contributed by atoms with Crippen molar-refractivity contribution >= 4 is 39.0 Å². The van der Waals surface area contributed by atoms with E-state index >= 15 is 8.78 Å². The fraction of sp³-hybridized carbons (Fsp3) is 0.353. The van der Waals surface area contributed by atoms with Gasteiger partial charge in [-0.25, -0.2) is 13.2 Å². The van der Waals surface area contributed by atoms with Crippen LogP contribution in [0.4, 0.5) is 26.3 Å². The highest BCUT2D eigenvalue weighted by Crippen LogP contribution is 2.36. The second-order valence-electron chi connectivity index (χ2n) is 12.0. The van der Waals surface area contributed by atoms with Gasteiger partial charge in [-0.3, -0.25) is 19.1 Å². The van der Waals surface area contributed by atoms with E-state index in [1.165, 1.54) is 25.1 Å². The third-order valence-electron chi connectivity index (χ3n) is 8.51. The van der Waals surface area contributed by atoms with Crippen molar-refractivity contribution in [3.05, 3.63) is 119 Å². The Morgan fingerprint density at radius 3 is 2.46 bits per heavy atom. The zero-order valence-corrected chi connectivity index (χ0v) is 28.2. The summed E-state index contributed by atoms with van der Waals surface area (Å²) in [6.07, 6.45) is -2.42. The number of nitrogens with one attached hydrogen (secondary N) is 1. The largest absolute Gasteiger partial charge is 0.512 e. The Morgan fingerprint density at radius 2 is 1.81 bits per heavy atom. The Labute approximate surface area is 285 Å². The number of aromatic nitrogens is 1. The molecule has 1 aliphatic heterocycles. The summed E-state index contributed by atoms with van der Waals surface area (Å²) in [5, 5.41) is 12.7. The summed E-state index contributed by atoms with van der Waals surface area (Å²) in [6, 6.07) is 3.88. The number of allylic oxidation sites excluding steroid dienone is 4. The third-order valence-corrected chi connectivity index (χ3v) is 9.24. The number of rotatable bonds is 9. The van der Waals surface area contributed by atoms with Gasteiger partial charge in [0.25, 0.3) is 5.56 Å². The molecule has 1 atom stereocenters. The van der Waals surface area contributed by atoms with Crippen molar-refractivity contribution in [1.82, 2.24) is 14.8 Å². The predicted octanol–water partition coefficient (Wildman–Crippen LogP) is 7.98. The van der Waals surface area contributed by atoms with Crippen LogP contribution in [0.5, 0.6) is 0 Å². The molecule has 5 rings (SSSR count). The Hall–Kier alpha value is -3.55. The molecule has 0 spiro atoms. The predicted molar refractivity (Wildman–Crippen MR) is 174 cm³/mol. The Bertz CT molecular complexity index is 1880. The molecule has 1 aromatic heterocycles. The maximum Gasteiger partial charge on any atom is 0.416 e. The first-order chi connectivity index (χ1) is 22.5. The van der Waals surface area contributed by atoms with Crippen LogP contribution < -0.4 is 10.9 Å². The molecule has 2 aromatic carbocycles. The lowest BCUT2D eigenvalue weighted by molar-refractivity contribution is -0.138. The summed E-state index contributed by atoms with van der Waals surface area (Å²) in [7, 11) is 0. The van der Waals surface area contributed by atoms with Gasteiger partial charge in [0, 0.05) is 66.0 Å². The van der Waals surface area contributed by atoms with Crippen molar-refractivity contribution in [1.29, 1.82) is 0 Å². The van der Waals surface area contributed by atoms with Crippen LogP contribution >= 0.6 is 27.5 Å². The van der Waals surface area contributed by atoms with Crippen LogP contribution in [0.1, 0.15) is 59.2 Å². The second kappa shape index (κ2) is 14.1. The standard InChI is InChI=1S/C34H31BrClF6N3O3/c1-17-4-3-5-27(46)29(17)20-8-18(2)30(38)21(9-20)13-43-33(48)32(24-10-22(35)11-26(36)31(24)39)45-14-19(6-7-44-15-23(37)16-44)25(12-28(45)47)34(40,41)42/h4,8-12,14,23,32,46H,3,5-7,13,15-16H2,1-2H3,(H,43,48). The lowest BCUT2D eigenvalue weighted by Gasteiger charge is -2.34. The minimum atomic E-state index is -4.93. The number of hydrogen-bond donors (Lipinski definition) is 2. The first-order valence-corrected chi connectivity index (χ1v) is 16.2. The normalized spacial score (nSPS) is 16.5. The van der Waals surface area contributed by atoms with Gasteiger partial charge in [0.05, 0.1) is 10.6 Å². The topological polar surface area (TPSA) is 74.6 Å².